The molecule has 0 aliphatic heterocycles. The molecule has 0 fully saturated rings. The molecule has 4 heteroatoms. The maximum absolute atomic E-state index is 12.8. The molecular formula is C13H12FNO2. The predicted molar refractivity (Wildman–Crippen MR) is 62.5 cm³/mol. The van der Waals surface area contributed by atoms with Gasteiger partial charge in [-0.3, -0.25) is 4.79 Å². The normalized spacial score (nSPS) is 10.2. The highest BCUT2D eigenvalue weighted by molar-refractivity contribution is 6.04. The molecule has 0 spiro atoms. The third kappa shape index (κ3) is 2.36. The molecule has 0 bridgehead atoms. The van der Waals surface area contributed by atoms with Crippen molar-refractivity contribution >= 4 is 11.6 Å². The Bertz CT molecular complexity index is 491. The van der Waals surface area contributed by atoms with E-state index in [9.17, 15) is 9.18 Å². The molecule has 0 aliphatic rings. The van der Waals surface area contributed by atoms with Crippen molar-refractivity contribution in [3.05, 3.63) is 54.2 Å². The molecule has 0 saturated carbocycles. The molecule has 3 nitrogen and oxygen atoms in total. The molecule has 0 radical (unpaired) electrons. The van der Waals surface area contributed by atoms with E-state index in [1.807, 2.05) is 6.92 Å². The van der Waals surface area contributed by atoms with Crippen LogP contribution in [0, 0.1) is 5.82 Å². The van der Waals surface area contributed by atoms with E-state index in [-0.39, 0.29) is 17.5 Å². The summed E-state index contributed by atoms with van der Waals surface area (Å²) in [6.45, 7) is 2.34. The minimum Gasteiger partial charge on any atom is -0.459 e. The monoisotopic (exact) mass is 233 g/mol. The molecule has 1 aromatic heterocycles. The van der Waals surface area contributed by atoms with Crippen molar-refractivity contribution in [2.24, 2.45) is 0 Å². The van der Waals surface area contributed by atoms with Gasteiger partial charge in [-0.25, -0.2) is 4.39 Å². The number of rotatable bonds is 3. The smallest absolute Gasteiger partial charge is 0.293 e. The number of carbonyl (C=O) groups is 1. The molecular weight excluding hydrogens is 221 g/mol. The molecule has 0 N–H and O–H groups in total. The van der Waals surface area contributed by atoms with Crippen LogP contribution in [-0.2, 0) is 0 Å². The second-order valence-corrected chi connectivity index (χ2v) is 3.50. The zero-order valence-electron chi connectivity index (χ0n) is 9.39. The molecule has 2 aromatic rings. The maximum Gasteiger partial charge on any atom is 0.293 e. The summed E-state index contributed by atoms with van der Waals surface area (Å²) in [6, 6.07) is 9.06. The Balaban J connectivity index is 2.28. The second-order valence-electron chi connectivity index (χ2n) is 3.50. The van der Waals surface area contributed by atoms with Crippen molar-refractivity contribution < 1.29 is 13.6 Å². The van der Waals surface area contributed by atoms with Gasteiger partial charge in [0.2, 0.25) is 0 Å². The number of benzene rings is 1. The van der Waals surface area contributed by atoms with E-state index in [2.05, 4.69) is 0 Å². The van der Waals surface area contributed by atoms with Crippen molar-refractivity contribution in [3.8, 4) is 0 Å². The zero-order valence-corrected chi connectivity index (χ0v) is 9.39. The molecule has 0 aliphatic carbocycles. The molecule has 0 atom stereocenters. The average Bonchev–Trinajstić information content (AvgIpc) is 2.86. The summed E-state index contributed by atoms with van der Waals surface area (Å²) in [7, 11) is 0. The summed E-state index contributed by atoms with van der Waals surface area (Å²) >= 11 is 0. The Kier molecular flexibility index (Phi) is 3.23. The Morgan fingerprint density at radius 2 is 2.00 bits per heavy atom. The van der Waals surface area contributed by atoms with Crippen LogP contribution >= 0.6 is 0 Å². The van der Waals surface area contributed by atoms with Crippen LogP contribution in [0.5, 0.6) is 0 Å². The fraction of sp³-hybridized carbons (Fsp3) is 0.154. The van der Waals surface area contributed by atoms with Crippen LogP contribution in [0.15, 0.2) is 47.1 Å². The first-order valence-electron chi connectivity index (χ1n) is 5.33. The first-order valence-corrected chi connectivity index (χ1v) is 5.33. The zero-order chi connectivity index (χ0) is 12.3. The van der Waals surface area contributed by atoms with E-state index < -0.39 is 0 Å². The maximum atomic E-state index is 12.8. The number of hydrogen-bond acceptors (Lipinski definition) is 2. The lowest BCUT2D eigenvalue weighted by Crippen LogP contribution is -2.30. The van der Waals surface area contributed by atoms with Crippen LogP contribution < -0.4 is 4.90 Å². The highest BCUT2D eigenvalue weighted by atomic mass is 19.1. The molecule has 1 heterocycles. The molecule has 1 amide bonds. The summed E-state index contributed by atoms with van der Waals surface area (Å²) in [4.78, 5) is 13.6. The summed E-state index contributed by atoms with van der Waals surface area (Å²) in [5.41, 5.74) is 0.648. The molecule has 0 unspecified atom stereocenters. The first-order chi connectivity index (χ1) is 8.22. The van der Waals surface area contributed by atoms with E-state index in [1.54, 1.807) is 24.3 Å². The van der Waals surface area contributed by atoms with Gasteiger partial charge in [-0.15, -0.1) is 0 Å². The quantitative estimate of drug-likeness (QED) is 0.816. The fourth-order valence-corrected chi connectivity index (χ4v) is 1.60. The van der Waals surface area contributed by atoms with Crippen LogP contribution in [-0.4, -0.2) is 12.5 Å². The Morgan fingerprint density at radius 3 is 2.53 bits per heavy atom. The number of halogens is 1. The van der Waals surface area contributed by atoms with Gasteiger partial charge in [0.25, 0.3) is 5.91 Å². The van der Waals surface area contributed by atoms with Crippen LogP contribution in [0.1, 0.15) is 17.5 Å². The van der Waals surface area contributed by atoms with Crippen LogP contribution in [0.4, 0.5) is 10.1 Å². The number of hydrogen-bond donors (Lipinski definition) is 0. The second kappa shape index (κ2) is 4.82. The van der Waals surface area contributed by atoms with Crippen LogP contribution in [0.2, 0.25) is 0 Å². The number of nitrogens with zero attached hydrogens (tertiary/aromatic N) is 1. The highest BCUT2D eigenvalue weighted by Gasteiger charge is 2.18. The SMILES string of the molecule is CCN(C(=O)c1ccco1)c1ccc(F)cc1. The number of carbonyl (C=O) groups excluding carboxylic acids is 1. The van der Waals surface area contributed by atoms with Gasteiger partial charge in [-0.05, 0) is 43.3 Å². The Hall–Kier alpha value is -2.10. The van der Waals surface area contributed by atoms with Crippen molar-refractivity contribution in [1.82, 2.24) is 0 Å². The van der Waals surface area contributed by atoms with Gasteiger partial charge in [-0.1, -0.05) is 0 Å². The van der Waals surface area contributed by atoms with Gasteiger partial charge in [0, 0.05) is 12.2 Å². The number of amides is 1. The van der Waals surface area contributed by atoms with Crippen LogP contribution in [0.25, 0.3) is 0 Å². The Labute approximate surface area is 98.5 Å². The fourth-order valence-electron chi connectivity index (χ4n) is 1.60. The van der Waals surface area contributed by atoms with Gasteiger partial charge in [0.15, 0.2) is 5.76 Å². The lowest BCUT2D eigenvalue weighted by Gasteiger charge is -2.19. The summed E-state index contributed by atoms with van der Waals surface area (Å²) < 4.78 is 17.9. The van der Waals surface area contributed by atoms with Crippen molar-refractivity contribution in [2.45, 2.75) is 6.92 Å². The molecule has 1 aromatic carbocycles. The van der Waals surface area contributed by atoms with Crippen LogP contribution in [0.3, 0.4) is 0 Å². The molecule has 17 heavy (non-hydrogen) atoms. The van der Waals surface area contributed by atoms with E-state index in [1.165, 1.54) is 23.3 Å². The topological polar surface area (TPSA) is 33.5 Å². The molecule has 88 valence electrons. The number of furan rings is 1. The van der Waals surface area contributed by atoms with Gasteiger partial charge >= 0.3 is 0 Å². The predicted octanol–water partition coefficient (Wildman–Crippen LogP) is 3.09. The van der Waals surface area contributed by atoms with E-state index in [4.69, 9.17) is 4.42 Å². The van der Waals surface area contributed by atoms with Crippen molar-refractivity contribution in [3.63, 3.8) is 0 Å². The molecule has 2 rings (SSSR count). The van der Waals surface area contributed by atoms with Gasteiger partial charge < -0.3 is 9.32 Å². The van der Waals surface area contributed by atoms with E-state index >= 15 is 0 Å². The third-order valence-corrected chi connectivity index (χ3v) is 2.43. The minimum absolute atomic E-state index is 0.232. The minimum atomic E-state index is -0.324. The lowest BCUT2D eigenvalue weighted by molar-refractivity contribution is 0.0961. The first kappa shape index (κ1) is 11.4. The highest BCUT2D eigenvalue weighted by Crippen LogP contribution is 2.17. The Morgan fingerprint density at radius 1 is 1.29 bits per heavy atom. The van der Waals surface area contributed by atoms with Crippen molar-refractivity contribution in [2.75, 3.05) is 11.4 Å². The van der Waals surface area contributed by atoms with E-state index in [0.717, 1.165) is 0 Å². The van der Waals surface area contributed by atoms with Gasteiger partial charge in [0.05, 0.1) is 6.26 Å². The summed E-state index contributed by atoms with van der Waals surface area (Å²) in [6.07, 6.45) is 1.45. The number of anilines is 1. The van der Waals surface area contributed by atoms with Gasteiger partial charge in [0.1, 0.15) is 5.82 Å². The van der Waals surface area contributed by atoms with Gasteiger partial charge in [-0.2, -0.15) is 0 Å². The summed E-state index contributed by atoms with van der Waals surface area (Å²) in [5, 5.41) is 0. The van der Waals surface area contributed by atoms with Crippen molar-refractivity contribution in [1.29, 1.82) is 0 Å². The average molecular weight is 233 g/mol. The lowest BCUT2D eigenvalue weighted by atomic mass is 10.2. The largest absolute Gasteiger partial charge is 0.459 e. The van der Waals surface area contributed by atoms with E-state index in [0.29, 0.717) is 12.2 Å². The third-order valence-electron chi connectivity index (χ3n) is 2.43. The summed E-state index contributed by atoms with van der Waals surface area (Å²) in [5.74, 6) is -0.282. The molecule has 0 saturated heterocycles. The standard InChI is InChI=1S/C13H12FNO2/c1-2-15(11-7-5-10(14)6-8-11)13(16)12-4-3-9-17-12/h3-9H,2H2,1H3.